The Kier molecular flexibility index (Phi) is 3.80. The van der Waals surface area contributed by atoms with E-state index >= 15 is 0 Å². The number of para-hydroxylation sites is 1. The summed E-state index contributed by atoms with van der Waals surface area (Å²) in [7, 11) is 1.65. The van der Waals surface area contributed by atoms with Gasteiger partial charge in [0.15, 0.2) is 0 Å². The van der Waals surface area contributed by atoms with Crippen molar-refractivity contribution in [3.05, 3.63) is 60.2 Å². The molecule has 3 aromatic rings. The first-order valence-corrected chi connectivity index (χ1v) is 7.33. The van der Waals surface area contributed by atoms with Gasteiger partial charge in [-0.15, -0.1) is 0 Å². The Hall–Kier alpha value is -2.42. The Morgan fingerprint density at radius 1 is 1.05 bits per heavy atom. The fraction of sp³-hybridized carbons (Fsp3) is 0.211. The Balaban J connectivity index is 2.40. The van der Waals surface area contributed by atoms with E-state index in [-0.39, 0.29) is 11.7 Å². The van der Waals surface area contributed by atoms with E-state index in [1.165, 1.54) is 0 Å². The lowest BCUT2D eigenvalue weighted by Crippen LogP contribution is -1.98. The molecule has 0 unspecified atom stereocenters. The summed E-state index contributed by atoms with van der Waals surface area (Å²) in [4.78, 5) is 4.08. The predicted molar refractivity (Wildman–Crippen MR) is 87.8 cm³/mol. The molecule has 0 atom stereocenters. The molecule has 0 N–H and O–H groups in total. The zero-order valence-electron chi connectivity index (χ0n) is 12.9. The van der Waals surface area contributed by atoms with E-state index in [2.05, 4.69) is 4.98 Å². The van der Waals surface area contributed by atoms with Crippen LogP contribution in [0.25, 0.3) is 21.9 Å². The third kappa shape index (κ3) is 2.33. The van der Waals surface area contributed by atoms with E-state index in [9.17, 15) is 4.39 Å². The van der Waals surface area contributed by atoms with Gasteiger partial charge in [0.25, 0.3) is 0 Å². The zero-order chi connectivity index (χ0) is 15.7. The molecule has 3 rings (SSSR count). The summed E-state index contributed by atoms with van der Waals surface area (Å²) >= 11 is 0. The van der Waals surface area contributed by atoms with Crippen molar-refractivity contribution in [2.45, 2.75) is 19.8 Å². The van der Waals surface area contributed by atoms with Crippen molar-refractivity contribution in [1.29, 1.82) is 0 Å². The fourth-order valence-electron chi connectivity index (χ4n) is 2.77. The molecule has 1 aromatic heterocycles. The fourth-order valence-corrected chi connectivity index (χ4v) is 2.77. The molecule has 0 radical (unpaired) electrons. The lowest BCUT2D eigenvalue weighted by atomic mass is 9.91. The van der Waals surface area contributed by atoms with E-state index in [1.54, 1.807) is 19.5 Å². The Morgan fingerprint density at radius 2 is 1.82 bits per heavy atom. The van der Waals surface area contributed by atoms with Crippen LogP contribution in [0.2, 0.25) is 0 Å². The quantitative estimate of drug-likeness (QED) is 0.664. The molecule has 22 heavy (non-hydrogen) atoms. The van der Waals surface area contributed by atoms with E-state index in [4.69, 9.17) is 4.74 Å². The Morgan fingerprint density at radius 3 is 2.55 bits per heavy atom. The van der Waals surface area contributed by atoms with Crippen LogP contribution in [-0.2, 0) is 0 Å². The van der Waals surface area contributed by atoms with Crippen LogP contribution >= 0.6 is 0 Å². The molecule has 2 aromatic carbocycles. The van der Waals surface area contributed by atoms with Crippen LogP contribution in [0, 0.1) is 5.82 Å². The van der Waals surface area contributed by atoms with Crippen LogP contribution in [0.5, 0.6) is 5.75 Å². The second-order valence-corrected chi connectivity index (χ2v) is 5.60. The summed E-state index contributed by atoms with van der Waals surface area (Å²) in [5, 5.41) is 1.40. The van der Waals surface area contributed by atoms with Gasteiger partial charge in [-0.05, 0) is 40.6 Å². The van der Waals surface area contributed by atoms with E-state index in [1.807, 2.05) is 50.2 Å². The molecule has 2 nitrogen and oxygen atoms in total. The number of ether oxygens (including phenoxy) is 1. The molecule has 0 aliphatic heterocycles. The van der Waals surface area contributed by atoms with Gasteiger partial charge in [0.2, 0.25) is 0 Å². The molecule has 0 amide bonds. The van der Waals surface area contributed by atoms with Gasteiger partial charge in [0.05, 0.1) is 7.11 Å². The number of halogens is 1. The van der Waals surface area contributed by atoms with Crippen LogP contribution < -0.4 is 4.74 Å². The number of benzene rings is 2. The summed E-state index contributed by atoms with van der Waals surface area (Å²) in [6.45, 7) is 3.99. The van der Waals surface area contributed by atoms with Crippen molar-refractivity contribution in [2.24, 2.45) is 0 Å². The van der Waals surface area contributed by atoms with Gasteiger partial charge in [0, 0.05) is 23.3 Å². The number of rotatable bonds is 3. The zero-order valence-corrected chi connectivity index (χ0v) is 12.9. The first-order valence-electron chi connectivity index (χ1n) is 7.33. The highest BCUT2D eigenvalue weighted by atomic mass is 19.1. The summed E-state index contributed by atoms with van der Waals surface area (Å²) < 4.78 is 20.2. The van der Waals surface area contributed by atoms with Gasteiger partial charge in [0.1, 0.15) is 11.6 Å². The summed E-state index contributed by atoms with van der Waals surface area (Å²) in [5.74, 6) is 0.691. The highest BCUT2D eigenvalue weighted by Gasteiger charge is 2.17. The Labute approximate surface area is 129 Å². The van der Waals surface area contributed by atoms with Crippen LogP contribution in [-0.4, -0.2) is 12.1 Å². The third-order valence-corrected chi connectivity index (χ3v) is 3.92. The number of methoxy groups -OCH3 is 1. The second-order valence-electron chi connectivity index (χ2n) is 5.60. The number of hydrogen-bond acceptors (Lipinski definition) is 2. The first kappa shape index (κ1) is 14.5. The monoisotopic (exact) mass is 295 g/mol. The maximum Gasteiger partial charge on any atom is 0.136 e. The number of fused-ring (bicyclic) bond motifs is 1. The minimum absolute atomic E-state index is 0.0954. The van der Waals surface area contributed by atoms with Gasteiger partial charge in [-0.2, -0.15) is 0 Å². The van der Waals surface area contributed by atoms with Gasteiger partial charge in [-0.1, -0.05) is 32.0 Å². The molecule has 0 spiro atoms. The molecule has 0 aliphatic rings. The van der Waals surface area contributed by atoms with Crippen LogP contribution in [0.1, 0.15) is 25.3 Å². The lowest BCUT2D eigenvalue weighted by Gasteiger charge is -2.16. The highest BCUT2D eigenvalue weighted by Crippen LogP contribution is 2.38. The van der Waals surface area contributed by atoms with E-state index in [0.717, 1.165) is 22.3 Å². The Bertz CT molecular complexity index is 827. The van der Waals surface area contributed by atoms with Gasteiger partial charge >= 0.3 is 0 Å². The van der Waals surface area contributed by atoms with E-state index in [0.29, 0.717) is 10.9 Å². The van der Waals surface area contributed by atoms with Crippen molar-refractivity contribution >= 4 is 10.8 Å². The van der Waals surface area contributed by atoms with Gasteiger partial charge < -0.3 is 4.74 Å². The standard InChI is InChI=1S/C19H18FNO/c1-12(2)15-10-16(14-6-4-5-7-18(14)22-3)13-8-9-21-11-17(13)19(15)20/h4-12H,1-3H3. The number of aromatic nitrogens is 1. The average Bonchev–Trinajstić information content (AvgIpc) is 2.55. The molecule has 0 fully saturated rings. The number of hydrogen-bond donors (Lipinski definition) is 0. The topological polar surface area (TPSA) is 22.1 Å². The maximum absolute atomic E-state index is 14.7. The van der Waals surface area contributed by atoms with Crippen molar-refractivity contribution in [3.8, 4) is 16.9 Å². The van der Waals surface area contributed by atoms with Crippen LogP contribution in [0.15, 0.2) is 48.8 Å². The second kappa shape index (κ2) is 5.76. The van der Waals surface area contributed by atoms with E-state index < -0.39 is 0 Å². The van der Waals surface area contributed by atoms with Crippen molar-refractivity contribution < 1.29 is 9.13 Å². The summed E-state index contributed by atoms with van der Waals surface area (Å²) in [6.07, 6.45) is 3.28. The third-order valence-electron chi connectivity index (χ3n) is 3.92. The molecule has 0 saturated heterocycles. The molecule has 0 saturated carbocycles. The maximum atomic E-state index is 14.7. The molecular weight excluding hydrogens is 277 g/mol. The molecule has 3 heteroatoms. The van der Waals surface area contributed by atoms with Crippen molar-refractivity contribution in [1.82, 2.24) is 4.98 Å². The first-order chi connectivity index (χ1) is 10.6. The van der Waals surface area contributed by atoms with Crippen molar-refractivity contribution in [3.63, 3.8) is 0 Å². The summed E-state index contributed by atoms with van der Waals surface area (Å²) in [6, 6.07) is 11.6. The predicted octanol–water partition coefficient (Wildman–Crippen LogP) is 5.17. The van der Waals surface area contributed by atoms with Crippen LogP contribution in [0.4, 0.5) is 4.39 Å². The molecular formula is C19H18FNO. The lowest BCUT2D eigenvalue weighted by molar-refractivity contribution is 0.416. The van der Waals surface area contributed by atoms with Crippen molar-refractivity contribution in [2.75, 3.05) is 7.11 Å². The van der Waals surface area contributed by atoms with Gasteiger partial charge in [-0.3, -0.25) is 4.98 Å². The number of pyridine rings is 1. The largest absolute Gasteiger partial charge is 0.496 e. The SMILES string of the molecule is COc1ccccc1-c1cc(C(C)C)c(F)c2cnccc12. The molecule has 1 heterocycles. The molecule has 112 valence electrons. The van der Waals surface area contributed by atoms with Crippen LogP contribution in [0.3, 0.4) is 0 Å². The highest BCUT2D eigenvalue weighted by molar-refractivity contribution is 5.98. The minimum atomic E-state index is -0.184. The molecule has 0 bridgehead atoms. The normalized spacial score (nSPS) is 11.1. The number of nitrogens with zero attached hydrogens (tertiary/aromatic N) is 1. The minimum Gasteiger partial charge on any atom is -0.496 e. The van der Waals surface area contributed by atoms with Gasteiger partial charge in [-0.25, -0.2) is 4.39 Å². The smallest absolute Gasteiger partial charge is 0.136 e. The average molecular weight is 295 g/mol. The molecule has 0 aliphatic carbocycles. The summed E-state index contributed by atoms with van der Waals surface area (Å²) in [5.41, 5.74) is 2.63.